The van der Waals surface area contributed by atoms with Gasteiger partial charge in [0, 0.05) is 8.07 Å². The van der Waals surface area contributed by atoms with Crippen LogP contribution in [0.15, 0.2) is 103 Å². The van der Waals surface area contributed by atoms with Gasteiger partial charge in [-0.2, -0.15) is 41.5 Å². The monoisotopic (exact) mass is 582 g/mol. The van der Waals surface area contributed by atoms with E-state index in [0.717, 1.165) is 14.3 Å². The van der Waals surface area contributed by atoms with Gasteiger partial charge in [0.25, 0.3) is 0 Å². The first-order chi connectivity index (χ1) is 16.4. The number of rotatable bonds is 3. The minimum atomic E-state index is -2.44. The smallest absolute Gasteiger partial charge is 0.0512 e. The van der Waals surface area contributed by atoms with Crippen molar-refractivity contribution in [2.75, 3.05) is 0 Å². The molecule has 0 amide bonds. The van der Waals surface area contributed by atoms with Crippen LogP contribution in [0.4, 0.5) is 0 Å². The van der Waals surface area contributed by atoms with Gasteiger partial charge in [0.15, 0.2) is 0 Å². The van der Waals surface area contributed by atoms with Crippen molar-refractivity contribution in [3.05, 3.63) is 125 Å². The summed E-state index contributed by atoms with van der Waals surface area (Å²) in [4.78, 5) is 0. The number of halogens is 2. The molecule has 1 aliphatic carbocycles. The Morgan fingerprint density at radius 1 is 0.765 bits per heavy atom. The Labute approximate surface area is 221 Å². The zero-order valence-electron chi connectivity index (χ0n) is 20.4. The molecule has 4 heteroatoms. The van der Waals surface area contributed by atoms with Gasteiger partial charge in [0.05, 0.1) is 0 Å². The van der Waals surface area contributed by atoms with Gasteiger partial charge in [-0.3, -0.25) is 0 Å². The SMILES string of the molecule is C[Si](C)(C)c1cc[cH-]c1.[Cl][Zr]([Cl])=[C](c1ccccc1)c1ccccc1.c1cc2c([cH-]1)CCCC2. The molecule has 0 unspecified atom stereocenters. The van der Waals surface area contributed by atoms with E-state index >= 15 is 0 Å². The van der Waals surface area contributed by atoms with Crippen LogP contribution in [0.3, 0.4) is 0 Å². The topological polar surface area (TPSA) is 0 Å². The Kier molecular flexibility index (Phi) is 11.0. The minimum absolute atomic E-state index is 0.981. The summed E-state index contributed by atoms with van der Waals surface area (Å²) in [5.41, 5.74) is 5.49. The fraction of sp³-hybridized carbons (Fsp3) is 0.233. The molecule has 0 nitrogen and oxygen atoms in total. The van der Waals surface area contributed by atoms with Crippen LogP contribution in [-0.2, 0) is 31.7 Å². The Bertz CT molecular complexity index is 1070. The summed E-state index contributed by atoms with van der Waals surface area (Å²) < 4.78 is 1.15. The fourth-order valence-corrected chi connectivity index (χ4v) is 9.75. The maximum absolute atomic E-state index is 6.24. The number of aryl methyl sites for hydroxylation is 2. The number of hydrogen-bond donors (Lipinski definition) is 0. The van der Waals surface area contributed by atoms with Crippen LogP contribution in [0.25, 0.3) is 0 Å². The standard InChI is InChI=1S/C13H10.C9H11.C8H13Si.2ClH.Zr/c1-3-7-12(8-4-1)11-13-9-5-2-6-10-13;1-2-5-9-7-3-6-8(9)4-1;1-9(2,3)8-6-4-5-7-8;;;/h1-10H;3,6-7H,1-2,4-5H2;4-7H,1-3H3;2*1H;/q;2*-1;;;+2/p-2. The van der Waals surface area contributed by atoms with Crippen molar-refractivity contribution < 1.29 is 18.9 Å². The molecular formula is C30H34Cl2SiZr-2. The molecule has 1 aliphatic rings. The molecule has 178 valence electrons. The van der Waals surface area contributed by atoms with E-state index in [4.69, 9.17) is 17.0 Å². The molecule has 4 aromatic rings. The molecular weight excluding hydrogens is 551 g/mol. The first-order valence-corrected chi connectivity index (χ1v) is 23.0. The van der Waals surface area contributed by atoms with E-state index < -0.39 is 27.0 Å². The van der Waals surface area contributed by atoms with Crippen molar-refractivity contribution in [3.63, 3.8) is 0 Å². The van der Waals surface area contributed by atoms with Crippen molar-refractivity contribution in [3.8, 4) is 0 Å². The van der Waals surface area contributed by atoms with Crippen LogP contribution in [-0.4, -0.2) is 11.3 Å². The van der Waals surface area contributed by atoms with E-state index in [1.165, 1.54) is 25.7 Å². The largest absolute Gasteiger partial charge is 0.210 e. The van der Waals surface area contributed by atoms with E-state index in [9.17, 15) is 0 Å². The van der Waals surface area contributed by atoms with Crippen molar-refractivity contribution >= 4 is 33.5 Å². The van der Waals surface area contributed by atoms with E-state index in [0.29, 0.717) is 0 Å². The van der Waals surface area contributed by atoms with E-state index in [-0.39, 0.29) is 0 Å². The summed E-state index contributed by atoms with van der Waals surface area (Å²) in [7, 11) is 11.5. The molecule has 0 bridgehead atoms. The van der Waals surface area contributed by atoms with Gasteiger partial charge in [0.1, 0.15) is 0 Å². The van der Waals surface area contributed by atoms with Gasteiger partial charge >= 0.3 is 111 Å². The molecule has 0 saturated carbocycles. The third-order valence-electron chi connectivity index (χ3n) is 5.99. The molecule has 0 fully saturated rings. The van der Waals surface area contributed by atoms with Gasteiger partial charge < -0.3 is 0 Å². The molecule has 0 spiro atoms. The average molecular weight is 585 g/mol. The van der Waals surface area contributed by atoms with Crippen molar-refractivity contribution in [2.45, 2.75) is 45.3 Å². The van der Waals surface area contributed by atoms with E-state index in [1.807, 2.05) is 36.4 Å². The molecule has 0 saturated heterocycles. The average Bonchev–Trinajstić information content (AvgIpc) is 3.54. The van der Waals surface area contributed by atoms with Gasteiger partial charge in [-0.15, -0.1) is 0 Å². The number of fused-ring (bicyclic) bond motifs is 1. The molecule has 0 aliphatic heterocycles. The summed E-state index contributed by atoms with van der Waals surface area (Å²) in [6.45, 7) is 7.09. The third kappa shape index (κ3) is 8.42. The van der Waals surface area contributed by atoms with E-state index in [2.05, 4.69) is 86.4 Å². The molecule has 34 heavy (non-hydrogen) atoms. The maximum atomic E-state index is 6.24. The number of benzene rings is 2. The predicted octanol–water partition coefficient (Wildman–Crippen LogP) is 8.42. The first kappa shape index (κ1) is 27.3. The van der Waals surface area contributed by atoms with Gasteiger partial charge in [-0.1, -0.05) is 45.3 Å². The van der Waals surface area contributed by atoms with Crippen LogP contribution >= 0.6 is 17.0 Å². The summed E-state index contributed by atoms with van der Waals surface area (Å²) in [5.74, 6) is 0. The van der Waals surface area contributed by atoms with E-state index in [1.54, 1.807) is 16.3 Å². The molecule has 0 N–H and O–H groups in total. The van der Waals surface area contributed by atoms with Crippen molar-refractivity contribution in [1.82, 2.24) is 0 Å². The van der Waals surface area contributed by atoms with Crippen LogP contribution in [0.2, 0.25) is 19.6 Å². The number of hydrogen-bond acceptors (Lipinski definition) is 0. The minimum Gasteiger partial charge on any atom is -0.210 e. The predicted molar refractivity (Wildman–Crippen MR) is 151 cm³/mol. The fourth-order valence-electron chi connectivity index (χ4n) is 4.08. The molecule has 0 heterocycles. The Hall–Kier alpha value is -1.31. The quantitative estimate of drug-likeness (QED) is 0.168. The molecule has 0 radical (unpaired) electrons. The summed E-state index contributed by atoms with van der Waals surface area (Å²) in [5, 5.41) is 1.56. The Balaban J connectivity index is 0.000000153. The normalized spacial score (nSPS) is 12.4. The molecule has 0 atom stereocenters. The zero-order chi connectivity index (χ0) is 24.4. The summed E-state index contributed by atoms with van der Waals surface area (Å²) in [6, 6.07) is 35.7. The second kappa shape index (κ2) is 13.7. The second-order valence-corrected chi connectivity index (χ2v) is 22.8. The van der Waals surface area contributed by atoms with Crippen LogP contribution in [0, 0.1) is 0 Å². The second-order valence-electron chi connectivity index (χ2n) is 9.57. The van der Waals surface area contributed by atoms with Crippen molar-refractivity contribution in [1.29, 1.82) is 0 Å². The van der Waals surface area contributed by atoms with Crippen LogP contribution in [0.1, 0.15) is 35.1 Å². The first-order valence-electron chi connectivity index (χ1n) is 12.0. The van der Waals surface area contributed by atoms with Crippen molar-refractivity contribution in [2.24, 2.45) is 0 Å². The summed E-state index contributed by atoms with van der Waals surface area (Å²) >= 11 is -2.44. The zero-order valence-corrected chi connectivity index (χ0v) is 25.4. The molecule has 0 aromatic heterocycles. The third-order valence-corrected chi connectivity index (χ3v) is 12.6. The molecule has 5 rings (SSSR count). The summed E-state index contributed by atoms with van der Waals surface area (Å²) in [6.07, 6.45) is 5.44. The van der Waals surface area contributed by atoms with Gasteiger partial charge in [-0.05, 0) is 0 Å². The van der Waals surface area contributed by atoms with Gasteiger partial charge in [0.2, 0.25) is 0 Å². The van der Waals surface area contributed by atoms with Gasteiger partial charge in [-0.25, -0.2) is 17.3 Å². The Morgan fingerprint density at radius 2 is 1.35 bits per heavy atom. The van der Waals surface area contributed by atoms with Crippen LogP contribution in [0.5, 0.6) is 0 Å². The molecule has 4 aromatic carbocycles. The van der Waals surface area contributed by atoms with Crippen LogP contribution < -0.4 is 5.19 Å². The maximum Gasteiger partial charge on any atom is -0.0512 e. The Morgan fingerprint density at radius 3 is 1.79 bits per heavy atom.